The van der Waals surface area contributed by atoms with Crippen LogP contribution in [0.1, 0.15) is 77.2 Å². The van der Waals surface area contributed by atoms with Crippen LogP contribution in [0.4, 0.5) is 0 Å². The lowest BCUT2D eigenvalue weighted by atomic mass is 9.71. The van der Waals surface area contributed by atoms with Crippen LogP contribution < -0.4 is 11.1 Å². The largest absolute Gasteiger partial charge is 0.346 e. The second-order valence-electron chi connectivity index (χ2n) is 8.15. The molecule has 1 aliphatic rings. The number of hydrogen-bond acceptors (Lipinski definition) is 3. The Bertz CT molecular complexity index is 769. The zero-order valence-corrected chi connectivity index (χ0v) is 18.7. The van der Waals surface area contributed by atoms with Gasteiger partial charge >= 0.3 is 0 Å². The number of nitrogens with zero attached hydrogens (tertiary/aromatic N) is 2. The number of amides is 1. The van der Waals surface area contributed by atoms with E-state index in [0.717, 1.165) is 29.7 Å². The van der Waals surface area contributed by atoms with Gasteiger partial charge in [-0.05, 0) is 57.7 Å². The second kappa shape index (κ2) is 10.5. The fourth-order valence-electron chi connectivity index (χ4n) is 4.36. The molecule has 0 saturated heterocycles. The van der Waals surface area contributed by atoms with Crippen LogP contribution in [-0.2, 0) is 4.79 Å². The topological polar surface area (TPSA) is 72.9 Å². The normalized spacial score (nSPS) is 16.9. The third-order valence-corrected chi connectivity index (χ3v) is 5.79. The zero-order chi connectivity index (χ0) is 18.7. The molecular formula is C21H34Cl2N4O. The fourth-order valence-corrected chi connectivity index (χ4v) is 4.36. The second-order valence-corrected chi connectivity index (χ2v) is 8.15. The van der Waals surface area contributed by atoms with Crippen molar-refractivity contribution in [3.63, 3.8) is 0 Å². The highest BCUT2D eigenvalue weighted by Gasteiger charge is 2.33. The highest BCUT2D eigenvalue weighted by Crippen LogP contribution is 2.38. The molecule has 7 heteroatoms. The Hall–Kier alpha value is -1.30. The van der Waals surface area contributed by atoms with Crippen LogP contribution in [0.2, 0.25) is 0 Å². The van der Waals surface area contributed by atoms with E-state index < -0.39 is 0 Å². The summed E-state index contributed by atoms with van der Waals surface area (Å²) < 4.78 is 2.22. The summed E-state index contributed by atoms with van der Waals surface area (Å²) >= 11 is 0. The number of rotatable bonds is 6. The summed E-state index contributed by atoms with van der Waals surface area (Å²) in [6.45, 7) is 6.92. The Morgan fingerprint density at radius 1 is 1.18 bits per heavy atom. The molecule has 28 heavy (non-hydrogen) atoms. The Labute approximate surface area is 180 Å². The molecule has 1 aromatic heterocycles. The van der Waals surface area contributed by atoms with Crippen molar-refractivity contribution >= 4 is 41.8 Å². The van der Waals surface area contributed by atoms with Gasteiger partial charge in [-0.2, -0.15) is 0 Å². The number of nitrogens with one attached hydrogen (secondary N) is 1. The Balaban J connectivity index is 0.00000196. The van der Waals surface area contributed by atoms with Gasteiger partial charge in [-0.3, -0.25) is 4.79 Å². The predicted octanol–water partition coefficient (Wildman–Crippen LogP) is 4.94. The maximum atomic E-state index is 12.8. The molecule has 0 bridgehead atoms. The van der Waals surface area contributed by atoms with Gasteiger partial charge < -0.3 is 15.6 Å². The molecule has 1 fully saturated rings. The molecule has 1 aromatic carbocycles. The van der Waals surface area contributed by atoms with Crippen LogP contribution in [0.25, 0.3) is 11.0 Å². The van der Waals surface area contributed by atoms with E-state index in [9.17, 15) is 4.79 Å². The number of fused-ring (bicyclic) bond motifs is 1. The number of hydrogen-bond donors (Lipinski definition) is 2. The van der Waals surface area contributed by atoms with E-state index in [1.54, 1.807) is 0 Å². The first kappa shape index (κ1) is 24.7. The van der Waals surface area contributed by atoms with Crippen LogP contribution >= 0.6 is 24.8 Å². The number of carbonyl (C=O) groups excluding carboxylic acids is 1. The van der Waals surface area contributed by atoms with Crippen LogP contribution in [0.3, 0.4) is 0 Å². The molecule has 1 amide bonds. The number of carbonyl (C=O) groups is 1. The lowest BCUT2D eigenvalue weighted by Crippen LogP contribution is -2.39. The minimum absolute atomic E-state index is 0. The van der Waals surface area contributed by atoms with Gasteiger partial charge in [0.05, 0.1) is 17.1 Å². The molecule has 0 spiro atoms. The van der Waals surface area contributed by atoms with Crippen LogP contribution in [0.15, 0.2) is 24.3 Å². The van der Waals surface area contributed by atoms with Gasteiger partial charge in [0.25, 0.3) is 0 Å². The van der Waals surface area contributed by atoms with Crippen molar-refractivity contribution in [1.29, 1.82) is 0 Å². The number of aromatic nitrogens is 2. The summed E-state index contributed by atoms with van der Waals surface area (Å²) in [5, 5.41) is 3.18. The summed E-state index contributed by atoms with van der Waals surface area (Å²) in [6, 6.07) is 8.30. The maximum absolute atomic E-state index is 12.8. The highest BCUT2D eigenvalue weighted by atomic mass is 35.5. The van der Waals surface area contributed by atoms with E-state index in [1.165, 1.54) is 19.3 Å². The van der Waals surface area contributed by atoms with Crippen molar-refractivity contribution in [2.24, 2.45) is 11.1 Å². The average Bonchev–Trinajstić information content (AvgIpc) is 3.02. The number of para-hydroxylation sites is 2. The van der Waals surface area contributed by atoms with E-state index in [-0.39, 0.29) is 48.2 Å². The molecule has 1 atom stereocenters. The summed E-state index contributed by atoms with van der Waals surface area (Å²) in [5.74, 6) is 1.01. The fraction of sp³-hybridized carbons (Fsp3) is 0.619. The summed E-state index contributed by atoms with van der Waals surface area (Å²) in [6.07, 6.45) is 6.28. The Morgan fingerprint density at radius 2 is 1.82 bits per heavy atom. The van der Waals surface area contributed by atoms with Gasteiger partial charge in [0, 0.05) is 12.5 Å². The summed E-state index contributed by atoms with van der Waals surface area (Å²) in [5.41, 5.74) is 8.12. The monoisotopic (exact) mass is 428 g/mol. The van der Waals surface area contributed by atoms with Crippen LogP contribution in [-0.4, -0.2) is 22.0 Å². The third kappa shape index (κ3) is 5.19. The smallest absolute Gasteiger partial charge is 0.221 e. The number of nitrogens with two attached hydrogens (primary N) is 1. The van der Waals surface area contributed by atoms with Crippen LogP contribution in [0, 0.1) is 5.41 Å². The third-order valence-electron chi connectivity index (χ3n) is 5.79. The van der Waals surface area contributed by atoms with Crippen molar-refractivity contribution in [2.45, 2.75) is 71.4 Å². The van der Waals surface area contributed by atoms with Crippen LogP contribution in [0.5, 0.6) is 0 Å². The SMILES string of the molecule is CC(NC(=O)CC1(CN)CCCCC1)c1nc2ccccc2n1C(C)C.Cl.Cl. The minimum Gasteiger partial charge on any atom is -0.346 e. The summed E-state index contributed by atoms with van der Waals surface area (Å²) in [4.78, 5) is 17.5. The quantitative estimate of drug-likeness (QED) is 0.683. The van der Waals surface area contributed by atoms with E-state index in [4.69, 9.17) is 10.7 Å². The molecule has 5 nitrogen and oxygen atoms in total. The van der Waals surface area contributed by atoms with Crippen molar-refractivity contribution in [1.82, 2.24) is 14.9 Å². The molecule has 158 valence electrons. The number of benzene rings is 1. The molecule has 1 unspecified atom stereocenters. The van der Waals surface area contributed by atoms with Crippen molar-refractivity contribution < 1.29 is 4.79 Å². The highest BCUT2D eigenvalue weighted by molar-refractivity contribution is 5.85. The predicted molar refractivity (Wildman–Crippen MR) is 120 cm³/mol. The molecule has 0 radical (unpaired) electrons. The van der Waals surface area contributed by atoms with Gasteiger partial charge in [-0.25, -0.2) is 4.98 Å². The zero-order valence-electron chi connectivity index (χ0n) is 17.1. The molecule has 1 heterocycles. The molecule has 3 rings (SSSR count). The number of imidazole rings is 1. The first-order valence-corrected chi connectivity index (χ1v) is 9.92. The van der Waals surface area contributed by atoms with Crippen molar-refractivity contribution in [3.8, 4) is 0 Å². The molecule has 3 N–H and O–H groups in total. The minimum atomic E-state index is -0.129. The van der Waals surface area contributed by atoms with E-state index in [0.29, 0.717) is 13.0 Å². The molecule has 1 saturated carbocycles. The maximum Gasteiger partial charge on any atom is 0.221 e. The number of halogens is 2. The van der Waals surface area contributed by atoms with Crippen molar-refractivity contribution in [2.75, 3.05) is 6.54 Å². The van der Waals surface area contributed by atoms with Gasteiger partial charge in [0.2, 0.25) is 5.91 Å². The summed E-state index contributed by atoms with van der Waals surface area (Å²) in [7, 11) is 0. The molecule has 0 aliphatic heterocycles. The lowest BCUT2D eigenvalue weighted by Gasteiger charge is -2.36. The first-order valence-electron chi connectivity index (χ1n) is 9.92. The van der Waals surface area contributed by atoms with Crippen molar-refractivity contribution in [3.05, 3.63) is 30.1 Å². The van der Waals surface area contributed by atoms with Gasteiger partial charge in [0.1, 0.15) is 5.82 Å². The molecule has 2 aromatic rings. The van der Waals surface area contributed by atoms with Gasteiger partial charge in [-0.15, -0.1) is 24.8 Å². The van der Waals surface area contributed by atoms with E-state index >= 15 is 0 Å². The molecule has 1 aliphatic carbocycles. The standard InChI is InChI=1S/C21H32N4O.2ClH/c1-15(2)25-18-10-6-5-9-17(18)24-20(25)16(3)23-19(26)13-21(14-22)11-7-4-8-12-21;;/h5-6,9-10,15-16H,4,7-8,11-14,22H2,1-3H3,(H,23,26);2*1H. The van der Waals surface area contributed by atoms with E-state index in [1.807, 2.05) is 25.1 Å². The average molecular weight is 429 g/mol. The molecular weight excluding hydrogens is 395 g/mol. The van der Waals surface area contributed by atoms with Gasteiger partial charge in [-0.1, -0.05) is 31.4 Å². The Morgan fingerprint density at radius 3 is 2.43 bits per heavy atom. The Kier molecular flexibility index (Phi) is 9.25. The lowest BCUT2D eigenvalue weighted by molar-refractivity contribution is -0.124. The first-order chi connectivity index (χ1) is 12.5. The van der Waals surface area contributed by atoms with Gasteiger partial charge in [0.15, 0.2) is 0 Å². The van der Waals surface area contributed by atoms with E-state index in [2.05, 4.69) is 29.8 Å².